The Hall–Kier alpha value is -3.26. The first-order valence-corrected chi connectivity index (χ1v) is 13.3. The predicted octanol–water partition coefficient (Wildman–Crippen LogP) is 3.06. The maximum Gasteiger partial charge on any atom is 0.573 e. The molecule has 13 heteroatoms. The van der Waals surface area contributed by atoms with Gasteiger partial charge in [0.25, 0.3) is 0 Å². The molecule has 202 valence electrons. The summed E-state index contributed by atoms with van der Waals surface area (Å²) in [5, 5.41) is 11.6. The van der Waals surface area contributed by atoms with Gasteiger partial charge in [-0.15, -0.1) is 13.2 Å². The maximum atomic E-state index is 13.4. The molecule has 1 aromatic heterocycles. The van der Waals surface area contributed by atoms with E-state index in [9.17, 15) is 26.7 Å². The number of sulfonamides is 1. The lowest BCUT2D eigenvalue weighted by Crippen LogP contribution is -2.60. The number of benzene rings is 2. The van der Waals surface area contributed by atoms with E-state index < -0.39 is 40.3 Å². The molecule has 38 heavy (non-hydrogen) atoms. The van der Waals surface area contributed by atoms with Crippen molar-refractivity contribution in [3.63, 3.8) is 0 Å². The van der Waals surface area contributed by atoms with E-state index in [4.69, 9.17) is 4.74 Å². The van der Waals surface area contributed by atoms with Crippen LogP contribution in [0.5, 0.6) is 5.75 Å². The van der Waals surface area contributed by atoms with Crippen LogP contribution in [0, 0.1) is 0 Å². The summed E-state index contributed by atoms with van der Waals surface area (Å²) in [6.07, 6.45) is -1.49. The summed E-state index contributed by atoms with van der Waals surface area (Å²) in [5.41, 5.74) is 2.77. The average Bonchev–Trinajstić information content (AvgIpc) is 3.05. The number of alkyl halides is 3. The first-order chi connectivity index (χ1) is 18.1. The van der Waals surface area contributed by atoms with Crippen molar-refractivity contribution in [2.75, 3.05) is 25.2 Å². The molecule has 2 aliphatic rings. The number of anilines is 2. The van der Waals surface area contributed by atoms with Gasteiger partial charge in [0, 0.05) is 24.5 Å². The number of likely N-dealkylation sites (N-methyl/N-ethyl adjacent to an activating group) is 1. The Kier molecular flexibility index (Phi) is 7.03. The molecule has 2 aromatic carbocycles. The summed E-state index contributed by atoms with van der Waals surface area (Å²) in [7, 11) is -2.89. The molecular formula is C25H25F3N4O5S. The van der Waals surface area contributed by atoms with Crippen molar-refractivity contribution in [3.8, 4) is 5.75 Å². The Morgan fingerprint density at radius 3 is 2.53 bits per heavy atom. The highest BCUT2D eigenvalue weighted by molar-refractivity contribution is 7.89. The molecule has 0 spiro atoms. The van der Waals surface area contributed by atoms with Crippen LogP contribution >= 0.6 is 0 Å². The molecular weight excluding hydrogens is 525 g/mol. The van der Waals surface area contributed by atoms with E-state index in [1.165, 1.54) is 13.4 Å². The minimum Gasteiger partial charge on any atom is -0.406 e. The molecule has 0 saturated carbocycles. The SMILES string of the molecule is CN([C@H]1COCC(N2c3ccccc3CCc3cncnc32)[C@@H]1O)S(=O)(=O)c1ccc(OC(F)(F)F)cc1. The molecule has 0 amide bonds. The third kappa shape index (κ3) is 5.06. The zero-order valence-electron chi connectivity index (χ0n) is 20.2. The van der Waals surface area contributed by atoms with Gasteiger partial charge in [-0.25, -0.2) is 18.4 Å². The summed E-state index contributed by atoms with van der Waals surface area (Å²) < 4.78 is 74.8. The molecule has 1 unspecified atom stereocenters. The van der Waals surface area contributed by atoms with E-state index in [1.807, 2.05) is 29.2 Å². The molecule has 5 rings (SSSR count). The third-order valence-corrected chi connectivity index (χ3v) is 8.70. The molecule has 1 saturated heterocycles. The van der Waals surface area contributed by atoms with E-state index in [0.29, 0.717) is 12.2 Å². The van der Waals surface area contributed by atoms with Crippen LogP contribution in [0.25, 0.3) is 0 Å². The van der Waals surface area contributed by atoms with E-state index in [1.54, 1.807) is 6.20 Å². The van der Waals surface area contributed by atoms with Gasteiger partial charge in [0.2, 0.25) is 10.0 Å². The number of aliphatic hydroxyl groups excluding tert-OH is 1. The fourth-order valence-corrected chi connectivity index (χ4v) is 6.24. The van der Waals surface area contributed by atoms with Crippen molar-refractivity contribution >= 4 is 21.5 Å². The first kappa shape index (κ1) is 26.4. The Bertz CT molecular complexity index is 1360. The highest BCUT2D eigenvalue weighted by atomic mass is 32.2. The van der Waals surface area contributed by atoms with Crippen molar-refractivity contribution < 1.29 is 36.2 Å². The molecule has 0 radical (unpaired) electrons. The molecule has 3 aromatic rings. The molecule has 1 fully saturated rings. The lowest BCUT2D eigenvalue weighted by molar-refractivity contribution is -0.274. The normalized spacial score (nSPS) is 21.9. The maximum absolute atomic E-state index is 13.4. The van der Waals surface area contributed by atoms with Gasteiger partial charge in [0.15, 0.2) is 0 Å². The standard InChI is InChI=1S/C25H25F3N4O5S/c1-31(38(34,35)19-10-8-18(9-11-19)37-25(26,27)28)21-13-36-14-22(23(21)33)32-20-5-3-2-4-16(20)6-7-17-12-29-15-30-24(17)32/h2-5,8-12,15,21-23,33H,6-7,13-14H2,1H3/t21-,22?,23+/m0/s1. The number of nitrogens with zero attached hydrogens (tertiary/aromatic N) is 4. The lowest BCUT2D eigenvalue weighted by atomic mass is 9.98. The number of aromatic nitrogens is 2. The Morgan fingerprint density at radius 2 is 1.79 bits per heavy atom. The monoisotopic (exact) mass is 550 g/mol. The van der Waals surface area contributed by atoms with E-state index in [0.717, 1.165) is 51.8 Å². The van der Waals surface area contributed by atoms with Crippen LogP contribution in [-0.2, 0) is 27.6 Å². The van der Waals surface area contributed by atoms with Crippen molar-refractivity contribution in [2.24, 2.45) is 0 Å². The zero-order chi connectivity index (χ0) is 27.1. The highest BCUT2D eigenvalue weighted by Gasteiger charge is 2.44. The summed E-state index contributed by atoms with van der Waals surface area (Å²) in [6, 6.07) is 9.98. The molecule has 0 aliphatic carbocycles. The number of ether oxygens (including phenoxy) is 2. The molecule has 0 bridgehead atoms. The van der Waals surface area contributed by atoms with Crippen molar-refractivity contribution in [2.45, 2.75) is 42.3 Å². The van der Waals surface area contributed by atoms with Gasteiger partial charge in [-0.3, -0.25) is 0 Å². The van der Waals surface area contributed by atoms with Crippen LogP contribution in [0.15, 0.2) is 66.0 Å². The van der Waals surface area contributed by atoms with Crippen LogP contribution in [0.3, 0.4) is 0 Å². The third-order valence-electron chi connectivity index (χ3n) is 6.81. The van der Waals surface area contributed by atoms with E-state index >= 15 is 0 Å². The highest BCUT2D eigenvalue weighted by Crippen LogP contribution is 2.38. The Balaban J connectivity index is 1.45. The molecule has 1 N–H and O–H groups in total. The topological polar surface area (TPSA) is 105 Å². The summed E-state index contributed by atoms with van der Waals surface area (Å²) in [4.78, 5) is 10.3. The van der Waals surface area contributed by atoms with Gasteiger partial charge in [-0.05, 0) is 48.7 Å². The summed E-state index contributed by atoms with van der Waals surface area (Å²) >= 11 is 0. The van der Waals surface area contributed by atoms with Gasteiger partial charge in [0.1, 0.15) is 17.9 Å². The van der Waals surface area contributed by atoms with E-state index in [-0.39, 0.29) is 18.1 Å². The van der Waals surface area contributed by atoms with Crippen LogP contribution in [0.2, 0.25) is 0 Å². The van der Waals surface area contributed by atoms with Crippen LogP contribution in [0.1, 0.15) is 11.1 Å². The molecule has 3 atom stereocenters. The predicted molar refractivity (Wildman–Crippen MR) is 130 cm³/mol. The summed E-state index contributed by atoms with van der Waals surface area (Å²) in [5.74, 6) is 0.0738. The Morgan fingerprint density at radius 1 is 1.08 bits per heavy atom. The fraction of sp³-hybridized carbons (Fsp3) is 0.360. The average molecular weight is 551 g/mol. The van der Waals surface area contributed by atoms with Crippen molar-refractivity contribution in [1.29, 1.82) is 0 Å². The minimum atomic E-state index is -4.90. The van der Waals surface area contributed by atoms with Crippen LogP contribution in [-0.4, -0.2) is 72.6 Å². The van der Waals surface area contributed by atoms with Crippen molar-refractivity contribution in [1.82, 2.24) is 14.3 Å². The lowest BCUT2D eigenvalue weighted by Gasteiger charge is -2.44. The number of hydrogen-bond acceptors (Lipinski definition) is 8. The zero-order valence-corrected chi connectivity index (χ0v) is 21.1. The largest absolute Gasteiger partial charge is 0.573 e. The second kappa shape index (κ2) is 10.1. The van der Waals surface area contributed by atoms with Crippen LogP contribution < -0.4 is 9.64 Å². The smallest absolute Gasteiger partial charge is 0.406 e. The van der Waals surface area contributed by atoms with Gasteiger partial charge >= 0.3 is 6.36 Å². The number of rotatable bonds is 5. The minimum absolute atomic E-state index is 0.0746. The van der Waals surface area contributed by atoms with Gasteiger partial charge in [-0.1, -0.05) is 18.2 Å². The number of hydrogen-bond donors (Lipinski definition) is 1. The number of fused-ring (bicyclic) bond motifs is 2. The second-order valence-electron chi connectivity index (χ2n) is 9.07. The summed E-state index contributed by atoms with van der Waals surface area (Å²) in [6.45, 7) is 0.0432. The van der Waals surface area contributed by atoms with Gasteiger partial charge < -0.3 is 19.5 Å². The molecule has 2 aliphatic heterocycles. The quantitative estimate of drug-likeness (QED) is 0.517. The fourth-order valence-electron chi connectivity index (χ4n) is 4.89. The van der Waals surface area contributed by atoms with Gasteiger partial charge in [-0.2, -0.15) is 4.31 Å². The first-order valence-electron chi connectivity index (χ1n) is 11.8. The number of para-hydroxylation sites is 1. The number of aliphatic hydroxyl groups is 1. The van der Waals surface area contributed by atoms with Crippen LogP contribution in [0.4, 0.5) is 24.7 Å². The number of aryl methyl sites for hydroxylation is 2. The molecule has 3 heterocycles. The van der Waals surface area contributed by atoms with Gasteiger partial charge in [0.05, 0.1) is 36.3 Å². The number of halogens is 3. The van der Waals surface area contributed by atoms with E-state index in [2.05, 4.69) is 14.7 Å². The molecule has 9 nitrogen and oxygen atoms in total. The second-order valence-corrected chi connectivity index (χ2v) is 11.1. The Labute approximate surface area is 217 Å². The van der Waals surface area contributed by atoms with Crippen molar-refractivity contribution in [3.05, 3.63) is 72.2 Å².